The zero-order valence-electron chi connectivity index (χ0n) is 10.5. The third-order valence-corrected chi connectivity index (χ3v) is 3.44. The van der Waals surface area contributed by atoms with E-state index in [4.69, 9.17) is 0 Å². The maximum atomic E-state index is 11.9. The van der Waals surface area contributed by atoms with Gasteiger partial charge in [0.25, 0.3) is 0 Å². The van der Waals surface area contributed by atoms with Gasteiger partial charge < -0.3 is 10.6 Å². The van der Waals surface area contributed by atoms with Gasteiger partial charge in [-0.25, -0.2) is 0 Å². The van der Waals surface area contributed by atoms with Crippen molar-refractivity contribution in [2.24, 2.45) is 11.8 Å². The van der Waals surface area contributed by atoms with Crippen LogP contribution in [0.25, 0.3) is 0 Å². The first kappa shape index (κ1) is 12.1. The quantitative estimate of drug-likeness (QED) is 0.828. The average molecular weight is 232 g/mol. The zero-order valence-corrected chi connectivity index (χ0v) is 10.5. The fourth-order valence-corrected chi connectivity index (χ4v) is 2.19. The van der Waals surface area contributed by atoms with Crippen molar-refractivity contribution in [3.05, 3.63) is 35.4 Å². The molecule has 1 saturated heterocycles. The van der Waals surface area contributed by atoms with Gasteiger partial charge in [0.1, 0.15) is 0 Å². The van der Waals surface area contributed by atoms with Crippen LogP contribution in [-0.2, 0) is 11.3 Å². The molecule has 17 heavy (non-hydrogen) atoms. The number of aryl methyl sites for hydroxylation is 1. The molecule has 1 aromatic rings. The van der Waals surface area contributed by atoms with E-state index in [1.807, 2.05) is 0 Å². The van der Waals surface area contributed by atoms with E-state index < -0.39 is 0 Å². The Balaban J connectivity index is 1.85. The third kappa shape index (κ3) is 3.07. The van der Waals surface area contributed by atoms with E-state index in [2.05, 4.69) is 48.7 Å². The number of hydrogen-bond acceptors (Lipinski definition) is 2. The van der Waals surface area contributed by atoms with Crippen LogP contribution in [0, 0.1) is 18.8 Å². The molecule has 1 heterocycles. The molecule has 1 aliphatic heterocycles. The Labute approximate surface area is 103 Å². The summed E-state index contributed by atoms with van der Waals surface area (Å²) >= 11 is 0. The fourth-order valence-electron chi connectivity index (χ4n) is 2.19. The summed E-state index contributed by atoms with van der Waals surface area (Å²) < 4.78 is 0. The highest BCUT2D eigenvalue weighted by Gasteiger charge is 2.29. The molecule has 1 aliphatic rings. The molecule has 1 aromatic carbocycles. The summed E-state index contributed by atoms with van der Waals surface area (Å²) in [6, 6.07) is 8.26. The van der Waals surface area contributed by atoms with Crippen molar-refractivity contribution in [3.8, 4) is 0 Å². The third-order valence-electron chi connectivity index (χ3n) is 3.44. The Morgan fingerprint density at radius 1 is 1.35 bits per heavy atom. The van der Waals surface area contributed by atoms with Crippen LogP contribution < -0.4 is 10.6 Å². The second-order valence-corrected chi connectivity index (χ2v) is 4.95. The highest BCUT2D eigenvalue weighted by atomic mass is 16.1. The normalized spacial score (nSPS) is 23.6. The summed E-state index contributed by atoms with van der Waals surface area (Å²) in [5, 5.41) is 6.26. The van der Waals surface area contributed by atoms with Gasteiger partial charge in [-0.05, 0) is 24.9 Å². The SMILES string of the molecule is Cc1ccc(CNC(=O)[C@@H]2CNC[C@H]2C)cc1. The van der Waals surface area contributed by atoms with Crippen LogP contribution in [0.2, 0.25) is 0 Å². The molecule has 0 saturated carbocycles. The molecule has 0 bridgehead atoms. The molecule has 0 radical (unpaired) electrons. The lowest BCUT2D eigenvalue weighted by molar-refractivity contribution is -0.125. The minimum absolute atomic E-state index is 0.125. The largest absolute Gasteiger partial charge is 0.352 e. The molecule has 2 rings (SSSR count). The standard InChI is InChI=1S/C14H20N2O/c1-10-3-5-12(6-4-10)8-16-14(17)13-9-15-7-11(13)2/h3-6,11,13,15H,7-9H2,1-2H3,(H,16,17)/t11-,13-/m1/s1. The first-order chi connectivity index (χ1) is 8.16. The van der Waals surface area contributed by atoms with E-state index >= 15 is 0 Å². The molecule has 0 spiro atoms. The van der Waals surface area contributed by atoms with E-state index in [9.17, 15) is 4.79 Å². The van der Waals surface area contributed by atoms with Crippen molar-refractivity contribution in [2.75, 3.05) is 13.1 Å². The first-order valence-electron chi connectivity index (χ1n) is 6.21. The Kier molecular flexibility index (Phi) is 3.79. The predicted molar refractivity (Wildman–Crippen MR) is 68.5 cm³/mol. The van der Waals surface area contributed by atoms with E-state index in [0.29, 0.717) is 12.5 Å². The number of benzene rings is 1. The van der Waals surface area contributed by atoms with Crippen LogP contribution in [0.15, 0.2) is 24.3 Å². The Morgan fingerprint density at radius 2 is 2.06 bits per heavy atom. The van der Waals surface area contributed by atoms with Crippen LogP contribution in [0.4, 0.5) is 0 Å². The number of rotatable bonds is 3. The van der Waals surface area contributed by atoms with Gasteiger partial charge in [-0.15, -0.1) is 0 Å². The number of carbonyl (C=O) groups excluding carboxylic acids is 1. The van der Waals surface area contributed by atoms with Crippen LogP contribution in [0.5, 0.6) is 0 Å². The summed E-state index contributed by atoms with van der Waals surface area (Å²) in [6.45, 7) is 6.57. The van der Waals surface area contributed by atoms with Gasteiger partial charge in [-0.1, -0.05) is 36.8 Å². The fraction of sp³-hybridized carbons (Fsp3) is 0.500. The van der Waals surface area contributed by atoms with Gasteiger partial charge in [0.2, 0.25) is 5.91 Å². The van der Waals surface area contributed by atoms with Crippen molar-refractivity contribution in [2.45, 2.75) is 20.4 Å². The molecule has 3 heteroatoms. The van der Waals surface area contributed by atoms with Gasteiger partial charge in [-0.3, -0.25) is 4.79 Å². The van der Waals surface area contributed by atoms with Crippen LogP contribution in [0.1, 0.15) is 18.1 Å². The molecule has 0 aromatic heterocycles. The number of carbonyl (C=O) groups is 1. The van der Waals surface area contributed by atoms with Crippen LogP contribution in [-0.4, -0.2) is 19.0 Å². The number of nitrogens with one attached hydrogen (secondary N) is 2. The summed E-state index contributed by atoms with van der Waals surface area (Å²) in [5.41, 5.74) is 2.40. The van der Waals surface area contributed by atoms with Crippen molar-refractivity contribution in [1.29, 1.82) is 0 Å². The lowest BCUT2D eigenvalue weighted by Crippen LogP contribution is -2.33. The van der Waals surface area contributed by atoms with Gasteiger partial charge in [0, 0.05) is 13.1 Å². The molecular formula is C14H20N2O. The Hall–Kier alpha value is -1.35. The molecule has 1 fully saturated rings. The molecule has 0 unspecified atom stereocenters. The minimum Gasteiger partial charge on any atom is -0.352 e. The van der Waals surface area contributed by atoms with Crippen LogP contribution in [0.3, 0.4) is 0 Å². The van der Waals surface area contributed by atoms with E-state index in [1.165, 1.54) is 5.56 Å². The second-order valence-electron chi connectivity index (χ2n) is 4.95. The zero-order chi connectivity index (χ0) is 12.3. The van der Waals surface area contributed by atoms with Gasteiger partial charge in [0.05, 0.1) is 5.92 Å². The van der Waals surface area contributed by atoms with Gasteiger partial charge in [0.15, 0.2) is 0 Å². The molecule has 2 N–H and O–H groups in total. The molecule has 1 amide bonds. The molecule has 0 aliphatic carbocycles. The van der Waals surface area contributed by atoms with Gasteiger partial charge >= 0.3 is 0 Å². The van der Waals surface area contributed by atoms with Crippen molar-refractivity contribution in [1.82, 2.24) is 10.6 Å². The van der Waals surface area contributed by atoms with E-state index in [1.54, 1.807) is 0 Å². The highest BCUT2D eigenvalue weighted by molar-refractivity contribution is 5.79. The van der Waals surface area contributed by atoms with Crippen LogP contribution >= 0.6 is 0 Å². The minimum atomic E-state index is 0.125. The summed E-state index contributed by atoms with van der Waals surface area (Å²) in [6.07, 6.45) is 0. The Morgan fingerprint density at radius 3 is 2.65 bits per heavy atom. The monoisotopic (exact) mass is 232 g/mol. The van der Waals surface area contributed by atoms with Gasteiger partial charge in [-0.2, -0.15) is 0 Å². The summed E-state index contributed by atoms with van der Waals surface area (Å²) in [5.74, 6) is 0.733. The smallest absolute Gasteiger partial charge is 0.224 e. The predicted octanol–water partition coefficient (Wildman–Crippen LogP) is 1.47. The molecular weight excluding hydrogens is 212 g/mol. The maximum Gasteiger partial charge on any atom is 0.224 e. The first-order valence-corrected chi connectivity index (χ1v) is 6.21. The highest BCUT2D eigenvalue weighted by Crippen LogP contribution is 2.15. The lowest BCUT2D eigenvalue weighted by Gasteiger charge is -2.14. The number of amides is 1. The second kappa shape index (κ2) is 5.32. The lowest BCUT2D eigenvalue weighted by atomic mass is 9.97. The summed E-state index contributed by atoms with van der Waals surface area (Å²) in [7, 11) is 0. The summed E-state index contributed by atoms with van der Waals surface area (Å²) in [4.78, 5) is 11.9. The van der Waals surface area contributed by atoms with E-state index in [-0.39, 0.29) is 11.8 Å². The average Bonchev–Trinajstić information content (AvgIpc) is 2.74. The molecule has 92 valence electrons. The van der Waals surface area contributed by atoms with Crippen molar-refractivity contribution in [3.63, 3.8) is 0 Å². The number of hydrogen-bond donors (Lipinski definition) is 2. The molecule has 2 atom stereocenters. The van der Waals surface area contributed by atoms with Crippen molar-refractivity contribution < 1.29 is 4.79 Å². The molecule has 3 nitrogen and oxygen atoms in total. The maximum absolute atomic E-state index is 11.9. The van der Waals surface area contributed by atoms with E-state index in [0.717, 1.165) is 18.7 Å². The topological polar surface area (TPSA) is 41.1 Å². The Bertz CT molecular complexity index is 386. The van der Waals surface area contributed by atoms with Crippen molar-refractivity contribution >= 4 is 5.91 Å².